The molecule has 7 heteroatoms. The van der Waals surface area contributed by atoms with E-state index in [9.17, 15) is 14.4 Å². The fourth-order valence-electron chi connectivity index (χ4n) is 3.74. The summed E-state index contributed by atoms with van der Waals surface area (Å²) in [5.41, 5.74) is 1.28. The van der Waals surface area contributed by atoms with Crippen LogP contribution in [0.25, 0.3) is 10.9 Å². The predicted octanol–water partition coefficient (Wildman–Crippen LogP) is 3.51. The van der Waals surface area contributed by atoms with Gasteiger partial charge in [-0.2, -0.15) is 0 Å². The Balaban J connectivity index is 1.62. The average molecular weight is 372 g/mol. The van der Waals surface area contributed by atoms with Crippen molar-refractivity contribution in [2.45, 2.75) is 44.7 Å². The highest BCUT2D eigenvalue weighted by Crippen LogP contribution is 2.29. The van der Waals surface area contributed by atoms with E-state index in [4.69, 9.17) is 11.6 Å². The maximum absolute atomic E-state index is 12.8. The molecule has 4 amide bonds. The van der Waals surface area contributed by atoms with Crippen LogP contribution in [0.5, 0.6) is 0 Å². The van der Waals surface area contributed by atoms with Gasteiger partial charge in [0.15, 0.2) is 0 Å². The van der Waals surface area contributed by atoms with Gasteiger partial charge in [-0.25, -0.2) is 9.78 Å². The van der Waals surface area contributed by atoms with E-state index in [1.807, 2.05) is 24.3 Å². The number of nitrogens with zero attached hydrogens (tertiary/aromatic N) is 3. The highest BCUT2D eigenvalue weighted by atomic mass is 35.5. The number of carbonyl (C=O) groups excluding carboxylic acids is 3. The number of urea groups is 1. The number of amides is 4. The third-order valence-corrected chi connectivity index (χ3v) is 5.43. The van der Waals surface area contributed by atoms with Crippen molar-refractivity contribution in [1.82, 2.24) is 14.8 Å². The summed E-state index contributed by atoms with van der Waals surface area (Å²) in [6.45, 7) is -0.0523. The number of halogens is 1. The molecular weight excluding hydrogens is 354 g/mol. The Morgan fingerprint density at radius 3 is 2.54 bits per heavy atom. The fraction of sp³-hybridized carbons (Fsp3) is 0.368. The second-order valence-electron chi connectivity index (χ2n) is 6.77. The number of hydrogen-bond donors (Lipinski definition) is 0. The molecule has 2 aromatic rings. The maximum Gasteiger partial charge on any atom is 0.334 e. The molecule has 6 nitrogen and oxygen atoms in total. The molecule has 2 heterocycles. The van der Waals surface area contributed by atoms with Gasteiger partial charge >= 0.3 is 17.8 Å². The minimum Gasteiger partial charge on any atom is -0.263 e. The Morgan fingerprint density at radius 2 is 1.77 bits per heavy atom. The van der Waals surface area contributed by atoms with Crippen LogP contribution in [0.1, 0.15) is 37.7 Å². The molecule has 1 aromatic heterocycles. The Bertz CT molecular complexity index is 908. The summed E-state index contributed by atoms with van der Waals surface area (Å²) in [5, 5.41) is 1.09. The number of pyridine rings is 1. The van der Waals surface area contributed by atoms with Crippen molar-refractivity contribution in [3.8, 4) is 0 Å². The van der Waals surface area contributed by atoms with Crippen LogP contribution in [0.4, 0.5) is 4.79 Å². The lowest BCUT2D eigenvalue weighted by Gasteiger charge is -2.28. The Hall–Kier alpha value is -2.47. The highest BCUT2D eigenvalue weighted by Gasteiger charge is 2.47. The van der Waals surface area contributed by atoms with Crippen molar-refractivity contribution in [1.29, 1.82) is 0 Å². The van der Waals surface area contributed by atoms with E-state index in [2.05, 4.69) is 4.98 Å². The van der Waals surface area contributed by atoms with E-state index < -0.39 is 17.8 Å². The van der Waals surface area contributed by atoms with Gasteiger partial charge in [-0.3, -0.25) is 19.4 Å². The van der Waals surface area contributed by atoms with Gasteiger partial charge in [0, 0.05) is 17.0 Å². The number of rotatable bonds is 3. The van der Waals surface area contributed by atoms with Crippen LogP contribution in [-0.4, -0.2) is 38.7 Å². The molecule has 1 saturated heterocycles. The first-order valence-corrected chi connectivity index (χ1v) is 9.17. The first kappa shape index (κ1) is 17.0. The zero-order valence-electron chi connectivity index (χ0n) is 14.2. The monoisotopic (exact) mass is 371 g/mol. The van der Waals surface area contributed by atoms with Crippen molar-refractivity contribution in [2.24, 2.45) is 0 Å². The molecule has 1 aliphatic heterocycles. The second kappa shape index (κ2) is 6.68. The summed E-state index contributed by atoms with van der Waals surface area (Å²) >= 11 is 6.24. The van der Waals surface area contributed by atoms with Gasteiger partial charge in [0.25, 0.3) is 0 Å². The lowest BCUT2D eigenvalue weighted by molar-refractivity contribution is -0.144. The lowest BCUT2D eigenvalue weighted by Crippen LogP contribution is -2.42. The smallest absolute Gasteiger partial charge is 0.263 e. The highest BCUT2D eigenvalue weighted by molar-refractivity contribution is 6.44. The third kappa shape index (κ3) is 2.84. The number of benzene rings is 1. The molecule has 134 valence electrons. The van der Waals surface area contributed by atoms with Gasteiger partial charge in [-0.15, -0.1) is 0 Å². The summed E-state index contributed by atoms with van der Waals surface area (Å²) in [7, 11) is 0. The molecule has 2 aliphatic rings. The van der Waals surface area contributed by atoms with Crippen LogP contribution in [0.2, 0.25) is 5.15 Å². The Kier molecular flexibility index (Phi) is 4.36. The molecule has 0 atom stereocenters. The van der Waals surface area contributed by atoms with E-state index in [0.717, 1.165) is 52.8 Å². The van der Waals surface area contributed by atoms with Crippen molar-refractivity contribution >= 4 is 40.3 Å². The zero-order valence-corrected chi connectivity index (χ0v) is 14.9. The van der Waals surface area contributed by atoms with Crippen LogP contribution < -0.4 is 0 Å². The van der Waals surface area contributed by atoms with Gasteiger partial charge in [-0.1, -0.05) is 49.1 Å². The quantitative estimate of drug-likeness (QED) is 0.470. The van der Waals surface area contributed by atoms with Gasteiger partial charge in [0.1, 0.15) is 5.15 Å². The summed E-state index contributed by atoms with van der Waals surface area (Å²) in [6.07, 6.45) is 4.56. The summed E-state index contributed by atoms with van der Waals surface area (Å²) in [6, 6.07) is 8.54. The minimum absolute atomic E-state index is 0.0523. The number of para-hydroxylation sites is 1. The van der Waals surface area contributed by atoms with Crippen LogP contribution in [0, 0.1) is 0 Å². The third-order valence-electron chi connectivity index (χ3n) is 5.10. The zero-order chi connectivity index (χ0) is 18.3. The predicted molar refractivity (Wildman–Crippen MR) is 96.4 cm³/mol. The first-order valence-electron chi connectivity index (χ1n) is 8.79. The van der Waals surface area contributed by atoms with Gasteiger partial charge in [0.05, 0.1) is 12.1 Å². The molecule has 2 fully saturated rings. The maximum atomic E-state index is 12.8. The van der Waals surface area contributed by atoms with Crippen molar-refractivity contribution in [3.63, 3.8) is 0 Å². The molecule has 4 rings (SSSR count). The molecule has 0 unspecified atom stereocenters. The topological polar surface area (TPSA) is 70.6 Å². The van der Waals surface area contributed by atoms with Crippen molar-refractivity contribution < 1.29 is 14.4 Å². The minimum atomic E-state index is -0.787. The van der Waals surface area contributed by atoms with Crippen LogP contribution >= 0.6 is 11.6 Å². The van der Waals surface area contributed by atoms with E-state index in [1.165, 1.54) is 0 Å². The van der Waals surface area contributed by atoms with E-state index in [-0.39, 0.29) is 17.7 Å². The Labute approximate surface area is 155 Å². The fourth-order valence-corrected chi connectivity index (χ4v) is 3.95. The van der Waals surface area contributed by atoms with E-state index in [0.29, 0.717) is 5.56 Å². The molecule has 0 bridgehead atoms. The SMILES string of the molecule is O=C1C(=O)N(C2CCCCC2)C(=O)N1Cc1cc2ccccc2nc1Cl. The molecule has 0 radical (unpaired) electrons. The van der Waals surface area contributed by atoms with E-state index >= 15 is 0 Å². The van der Waals surface area contributed by atoms with Crippen LogP contribution in [0.15, 0.2) is 30.3 Å². The first-order chi connectivity index (χ1) is 12.6. The summed E-state index contributed by atoms with van der Waals surface area (Å²) in [5.74, 6) is -1.52. The lowest BCUT2D eigenvalue weighted by atomic mass is 9.94. The molecule has 1 aromatic carbocycles. The average Bonchev–Trinajstić information content (AvgIpc) is 2.86. The van der Waals surface area contributed by atoms with E-state index in [1.54, 1.807) is 6.07 Å². The van der Waals surface area contributed by atoms with Crippen LogP contribution in [-0.2, 0) is 16.1 Å². The number of aromatic nitrogens is 1. The van der Waals surface area contributed by atoms with Crippen molar-refractivity contribution in [2.75, 3.05) is 0 Å². The number of fused-ring (bicyclic) bond motifs is 1. The standard InChI is InChI=1S/C19H18ClN3O3/c20-16-13(10-12-6-4-5-9-15(12)21-16)11-22-17(24)18(25)23(19(22)26)14-7-2-1-3-8-14/h4-6,9-10,14H,1-3,7-8,11H2. The van der Waals surface area contributed by atoms with Gasteiger partial charge in [-0.05, 0) is 25.0 Å². The number of hydrogen-bond acceptors (Lipinski definition) is 4. The van der Waals surface area contributed by atoms with Crippen LogP contribution in [0.3, 0.4) is 0 Å². The summed E-state index contributed by atoms with van der Waals surface area (Å²) in [4.78, 5) is 44.0. The summed E-state index contributed by atoms with van der Waals surface area (Å²) < 4.78 is 0. The number of carbonyl (C=O) groups is 3. The molecule has 0 N–H and O–H groups in total. The second-order valence-corrected chi connectivity index (χ2v) is 7.13. The largest absolute Gasteiger partial charge is 0.334 e. The molecule has 26 heavy (non-hydrogen) atoms. The molecular formula is C19H18ClN3O3. The molecule has 0 spiro atoms. The number of imide groups is 2. The normalized spacial score (nSPS) is 19.0. The molecule has 1 saturated carbocycles. The molecule has 1 aliphatic carbocycles. The van der Waals surface area contributed by atoms with Gasteiger partial charge in [0.2, 0.25) is 0 Å². The Morgan fingerprint density at radius 1 is 1.04 bits per heavy atom. The van der Waals surface area contributed by atoms with Gasteiger partial charge < -0.3 is 0 Å². The van der Waals surface area contributed by atoms with Crippen molar-refractivity contribution in [3.05, 3.63) is 41.0 Å².